The van der Waals surface area contributed by atoms with Crippen molar-refractivity contribution >= 4 is 28.5 Å². The summed E-state index contributed by atoms with van der Waals surface area (Å²) in [5.41, 5.74) is 3.08. The summed E-state index contributed by atoms with van der Waals surface area (Å²) in [6, 6.07) is 6.32. The summed E-state index contributed by atoms with van der Waals surface area (Å²) >= 11 is 0. The molecule has 0 spiro atoms. The van der Waals surface area contributed by atoms with Gasteiger partial charge in [-0.1, -0.05) is 12.2 Å². The molecule has 8 rings (SSSR count). The second-order valence-corrected chi connectivity index (χ2v) is 12.6. The number of ether oxygens (including phenoxy) is 1. The standard InChI is InChI=1S/C30H42N10O3/c41-26-18-43-28-25-15-21(16-31-28)40-27-22(29(42)39(40)11-4-2-1-3-10-38(25)26)17-32-30(35-27)34-20-6-7-24-23(14-20)33-19-37(24)13-12-36-8-5-9-36/h2,4,6-7,14,19,21-22,25,27-28,30-32,34-35H,1,3,5,8-13,15-18H2/b4-2-. The topological polar surface area (TPSA) is 122 Å². The normalized spacial score (nSPS) is 34.2. The van der Waals surface area contributed by atoms with Crippen LogP contribution in [0.2, 0.25) is 0 Å². The Kier molecular flexibility index (Phi) is 7.32. The van der Waals surface area contributed by atoms with E-state index in [0.29, 0.717) is 19.6 Å². The van der Waals surface area contributed by atoms with Crippen LogP contribution >= 0.6 is 0 Å². The van der Waals surface area contributed by atoms with Gasteiger partial charge in [-0.2, -0.15) is 5.01 Å². The van der Waals surface area contributed by atoms with E-state index in [9.17, 15) is 9.59 Å². The molecule has 0 aliphatic carbocycles. The summed E-state index contributed by atoms with van der Waals surface area (Å²) < 4.78 is 8.13. The smallest absolute Gasteiger partial charge is 0.249 e. The average molecular weight is 591 g/mol. The van der Waals surface area contributed by atoms with Gasteiger partial charge in [0, 0.05) is 44.5 Å². The van der Waals surface area contributed by atoms with E-state index in [1.807, 2.05) is 16.2 Å². The van der Waals surface area contributed by atoms with E-state index >= 15 is 0 Å². The summed E-state index contributed by atoms with van der Waals surface area (Å²) in [6.07, 6.45) is 9.45. The average Bonchev–Trinajstić information content (AvgIpc) is 3.51. The molecule has 5 fully saturated rings. The van der Waals surface area contributed by atoms with Gasteiger partial charge in [0.15, 0.2) is 0 Å². The summed E-state index contributed by atoms with van der Waals surface area (Å²) in [5.74, 6) is -0.0244. The minimum absolute atomic E-state index is 0.0350. The molecule has 13 heteroatoms. The number of amides is 2. The molecule has 0 saturated carbocycles. The van der Waals surface area contributed by atoms with Crippen molar-refractivity contribution in [2.24, 2.45) is 5.92 Å². The summed E-state index contributed by atoms with van der Waals surface area (Å²) in [6.45, 7) is 7.06. The number of benzene rings is 1. The van der Waals surface area contributed by atoms with Crippen LogP contribution in [0, 0.1) is 5.92 Å². The van der Waals surface area contributed by atoms with Crippen molar-refractivity contribution in [2.75, 3.05) is 57.7 Å². The minimum atomic E-state index is -0.225. The fourth-order valence-electron chi connectivity index (χ4n) is 7.62. The van der Waals surface area contributed by atoms with Crippen LogP contribution in [0.25, 0.3) is 11.0 Å². The molecular weight excluding hydrogens is 548 g/mol. The maximum atomic E-state index is 13.8. The van der Waals surface area contributed by atoms with E-state index in [2.05, 4.69) is 71.1 Å². The lowest BCUT2D eigenvalue weighted by atomic mass is 9.95. The zero-order valence-corrected chi connectivity index (χ0v) is 24.5. The van der Waals surface area contributed by atoms with E-state index in [-0.39, 0.29) is 55.1 Å². The lowest BCUT2D eigenvalue weighted by Crippen LogP contribution is -2.70. The molecule has 6 aliphatic heterocycles. The zero-order chi connectivity index (χ0) is 28.9. The molecule has 6 atom stereocenters. The number of fused-ring (bicyclic) bond motifs is 6. The SMILES string of the molecule is O=C1COC2NCC3CC2N1CCC/C=C\CN1C(=O)C2CNC(Nc4ccc5c(c4)ncn5CCN4CCC4)NC2N31. The number of hydrogen-bond donors (Lipinski definition) is 4. The Morgan fingerprint density at radius 1 is 1.05 bits per heavy atom. The lowest BCUT2D eigenvalue weighted by Gasteiger charge is -2.50. The zero-order valence-electron chi connectivity index (χ0n) is 24.5. The fourth-order valence-corrected chi connectivity index (χ4v) is 7.62. The Morgan fingerprint density at radius 3 is 2.86 bits per heavy atom. The number of hydrogen-bond acceptors (Lipinski definition) is 10. The molecule has 6 unspecified atom stereocenters. The number of hydrazine groups is 1. The predicted octanol–water partition coefficient (Wildman–Crippen LogP) is -0.103. The summed E-state index contributed by atoms with van der Waals surface area (Å²) in [5, 5.41) is 18.6. The number of nitrogens with one attached hydrogen (secondary N) is 4. The second kappa shape index (κ2) is 11.5. The Morgan fingerprint density at radius 2 is 1.98 bits per heavy atom. The monoisotopic (exact) mass is 590 g/mol. The van der Waals surface area contributed by atoms with E-state index in [0.717, 1.165) is 55.6 Å². The van der Waals surface area contributed by atoms with Gasteiger partial charge in [-0.15, -0.1) is 0 Å². The largest absolute Gasteiger partial charge is 0.358 e. The van der Waals surface area contributed by atoms with E-state index in [1.54, 1.807) is 0 Å². The molecule has 230 valence electrons. The van der Waals surface area contributed by atoms with Crippen LogP contribution in [0.4, 0.5) is 5.69 Å². The first-order chi connectivity index (χ1) is 21.1. The van der Waals surface area contributed by atoms with Crippen LogP contribution < -0.4 is 21.3 Å². The molecule has 4 N–H and O–H groups in total. The van der Waals surface area contributed by atoms with E-state index < -0.39 is 0 Å². The van der Waals surface area contributed by atoms with Crippen molar-refractivity contribution < 1.29 is 14.3 Å². The fraction of sp³-hybridized carbons (Fsp3) is 0.633. The van der Waals surface area contributed by atoms with Crippen molar-refractivity contribution in [1.82, 2.24) is 45.3 Å². The third kappa shape index (κ3) is 5.11. The molecule has 2 amide bonds. The molecule has 2 aromatic rings. The number of likely N-dealkylation sites (tertiary alicyclic amines) is 1. The number of anilines is 1. The molecular formula is C30H42N10O3. The minimum Gasteiger partial charge on any atom is -0.358 e. The third-order valence-corrected chi connectivity index (χ3v) is 10.0. The number of imidazole rings is 1. The van der Waals surface area contributed by atoms with Crippen LogP contribution in [0.15, 0.2) is 36.7 Å². The van der Waals surface area contributed by atoms with Gasteiger partial charge in [-0.25, -0.2) is 4.98 Å². The molecule has 7 heterocycles. The quantitative estimate of drug-likeness (QED) is 0.351. The van der Waals surface area contributed by atoms with Gasteiger partial charge < -0.3 is 24.4 Å². The molecule has 2 bridgehead atoms. The Hall–Kier alpha value is -3.07. The van der Waals surface area contributed by atoms with Crippen molar-refractivity contribution in [3.63, 3.8) is 0 Å². The number of morpholine rings is 1. The summed E-state index contributed by atoms with van der Waals surface area (Å²) in [4.78, 5) is 35.8. The van der Waals surface area contributed by atoms with Crippen molar-refractivity contribution in [2.45, 2.75) is 63.0 Å². The van der Waals surface area contributed by atoms with Crippen LogP contribution in [0.5, 0.6) is 0 Å². The van der Waals surface area contributed by atoms with Crippen LogP contribution in [0.3, 0.4) is 0 Å². The van der Waals surface area contributed by atoms with Gasteiger partial charge in [-0.05, 0) is 57.0 Å². The Bertz CT molecular complexity index is 1390. The van der Waals surface area contributed by atoms with Crippen LogP contribution in [0.1, 0.15) is 25.7 Å². The van der Waals surface area contributed by atoms with Gasteiger partial charge in [0.05, 0.1) is 42.0 Å². The highest BCUT2D eigenvalue weighted by molar-refractivity contribution is 5.82. The first-order valence-electron chi connectivity index (χ1n) is 15.9. The number of allylic oxidation sites excluding steroid dienone is 1. The van der Waals surface area contributed by atoms with Gasteiger partial charge in [-0.3, -0.25) is 30.5 Å². The molecule has 43 heavy (non-hydrogen) atoms. The number of carbonyl (C=O) groups excluding carboxylic acids is 2. The van der Waals surface area contributed by atoms with Crippen LogP contribution in [-0.2, 0) is 20.9 Å². The highest BCUT2D eigenvalue weighted by Crippen LogP contribution is 2.34. The number of piperidine rings is 1. The maximum absolute atomic E-state index is 13.8. The van der Waals surface area contributed by atoms with Crippen molar-refractivity contribution in [3.8, 4) is 0 Å². The number of nitrogens with zero attached hydrogens (tertiary/aromatic N) is 6. The van der Waals surface area contributed by atoms with Crippen molar-refractivity contribution in [3.05, 3.63) is 36.7 Å². The number of aromatic nitrogens is 2. The number of rotatable bonds is 5. The molecule has 5 saturated heterocycles. The lowest BCUT2D eigenvalue weighted by molar-refractivity contribution is -0.172. The van der Waals surface area contributed by atoms with E-state index in [4.69, 9.17) is 4.74 Å². The molecule has 1 aromatic heterocycles. The van der Waals surface area contributed by atoms with Gasteiger partial charge >= 0.3 is 0 Å². The number of carbonyl (C=O) groups is 2. The summed E-state index contributed by atoms with van der Waals surface area (Å²) in [7, 11) is 0. The second-order valence-electron chi connectivity index (χ2n) is 12.6. The van der Waals surface area contributed by atoms with Crippen LogP contribution in [-0.4, -0.2) is 124 Å². The maximum Gasteiger partial charge on any atom is 0.249 e. The Balaban J connectivity index is 1.00. The highest BCUT2D eigenvalue weighted by Gasteiger charge is 2.53. The molecule has 0 radical (unpaired) electrons. The Labute approximate surface area is 251 Å². The van der Waals surface area contributed by atoms with Gasteiger partial charge in [0.2, 0.25) is 11.8 Å². The predicted molar refractivity (Wildman–Crippen MR) is 160 cm³/mol. The van der Waals surface area contributed by atoms with E-state index in [1.165, 1.54) is 19.5 Å². The molecule has 13 nitrogen and oxygen atoms in total. The molecule has 1 aromatic carbocycles. The third-order valence-electron chi connectivity index (χ3n) is 10.0. The van der Waals surface area contributed by atoms with Gasteiger partial charge in [0.25, 0.3) is 0 Å². The van der Waals surface area contributed by atoms with Gasteiger partial charge in [0.1, 0.15) is 19.1 Å². The molecule has 6 aliphatic rings. The first-order valence-corrected chi connectivity index (χ1v) is 15.9. The van der Waals surface area contributed by atoms with Crippen molar-refractivity contribution in [1.29, 1.82) is 0 Å². The first kappa shape index (κ1) is 27.5. The highest BCUT2D eigenvalue weighted by atomic mass is 16.5.